The first kappa shape index (κ1) is 15.6. The number of hydrogen-bond donors (Lipinski definition) is 1. The molecule has 0 unspecified atom stereocenters. The summed E-state index contributed by atoms with van der Waals surface area (Å²) in [6, 6.07) is 9.41. The molecule has 2 saturated carbocycles. The molecule has 0 bridgehead atoms. The fourth-order valence-corrected chi connectivity index (χ4v) is 3.31. The van der Waals surface area contributed by atoms with Gasteiger partial charge in [-0.1, -0.05) is 36.8 Å². The Labute approximate surface area is 135 Å². The number of carbonyl (C=O) groups is 2. The van der Waals surface area contributed by atoms with Crippen molar-refractivity contribution < 1.29 is 19.1 Å². The van der Waals surface area contributed by atoms with Crippen molar-refractivity contribution in [3.8, 4) is 0 Å². The van der Waals surface area contributed by atoms with Crippen LogP contribution in [-0.2, 0) is 20.9 Å². The van der Waals surface area contributed by atoms with Gasteiger partial charge in [0.05, 0.1) is 7.11 Å². The summed E-state index contributed by atoms with van der Waals surface area (Å²) in [5.41, 5.74) is 2.49. The SMILES string of the molecule is COC(=O)C(NC(=O)OCc1ccccc1)=C1CC2(CCC2)C1. The molecule has 3 rings (SSSR count). The van der Waals surface area contributed by atoms with Crippen molar-refractivity contribution in [1.82, 2.24) is 5.32 Å². The van der Waals surface area contributed by atoms with Crippen LogP contribution in [0.4, 0.5) is 4.79 Å². The Morgan fingerprint density at radius 3 is 2.43 bits per heavy atom. The average molecular weight is 315 g/mol. The van der Waals surface area contributed by atoms with Gasteiger partial charge in [0.25, 0.3) is 0 Å². The van der Waals surface area contributed by atoms with Gasteiger partial charge in [-0.3, -0.25) is 5.32 Å². The molecule has 23 heavy (non-hydrogen) atoms. The van der Waals surface area contributed by atoms with Gasteiger partial charge < -0.3 is 9.47 Å². The number of esters is 1. The molecule has 5 heteroatoms. The van der Waals surface area contributed by atoms with Gasteiger partial charge >= 0.3 is 12.1 Å². The van der Waals surface area contributed by atoms with E-state index in [-0.39, 0.29) is 12.3 Å². The lowest BCUT2D eigenvalue weighted by Gasteiger charge is -2.51. The van der Waals surface area contributed by atoms with Crippen molar-refractivity contribution >= 4 is 12.1 Å². The molecule has 2 fully saturated rings. The van der Waals surface area contributed by atoms with Gasteiger partial charge in [0.1, 0.15) is 12.3 Å². The van der Waals surface area contributed by atoms with Gasteiger partial charge in [-0.05, 0) is 42.2 Å². The van der Waals surface area contributed by atoms with Gasteiger partial charge in [0, 0.05) is 0 Å². The molecular formula is C18H21NO4. The minimum Gasteiger partial charge on any atom is -0.464 e. The second-order valence-corrected chi connectivity index (χ2v) is 6.36. The molecular weight excluding hydrogens is 294 g/mol. The number of alkyl carbamates (subject to hydrolysis) is 1. The van der Waals surface area contributed by atoms with Crippen LogP contribution in [0.2, 0.25) is 0 Å². The number of benzene rings is 1. The van der Waals surface area contributed by atoms with E-state index < -0.39 is 12.1 Å². The van der Waals surface area contributed by atoms with E-state index in [9.17, 15) is 9.59 Å². The molecule has 1 N–H and O–H groups in total. The molecule has 1 spiro atoms. The summed E-state index contributed by atoms with van der Waals surface area (Å²) >= 11 is 0. The van der Waals surface area contributed by atoms with Crippen LogP contribution in [0.5, 0.6) is 0 Å². The van der Waals surface area contributed by atoms with Crippen molar-refractivity contribution in [1.29, 1.82) is 0 Å². The Balaban J connectivity index is 1.59. The third-order valence-corrected chi connectivity index (χ3v) is 4.77. The first-order valence-electron chi connectivity index (χ1n) is 7.90. The van der Waals surface area contributed by atoms with Crippen LogP contribution < -0.4 is 5.32 Å². The van der Waals surface area contributed by atoms with Crippen molar-refractivity contribution in [3.63, 3.8) is 0 Å². The molecule has 0 radical (unpaired) electrons. The largest absolute Gasteiger partial charge is 0.464 e. The third kappa shape index (κ3) is 3.38. The number of allylic oxidation sites excluding steroid dienone is 1. The van der Waals surface area contributed by atoms with Gasteiger partial charge in [0.2, 0.25) is 0 Å². The molecule has 0 aliphatic heterocycles. The van der Waals surface area contributed by atoms with Gasteiger partial charge in [-0.25, -0.2) is 9.59 Å². The first-order valence-corrected chi connectivity index (χ1v) is 7.90. The summed E-state index contributed by atoms with van der Waals surface area (Å²) in [5, 5.41) is 2.57. The Bertz CT molecular complexity index is 622. The van der Waals surface area contributed by atoms with Crippen LogP contribution in [0.15, 0.2) is 41.6 Å². The highest BCUT2D eigenvalue weighted by Gasteiger charge is 2.47. The fourth-order valence-electron chi connectivity index (χ4n) is 3.31. The zero-order chi connectivity index (χ0) is 16.3. The fraction of sp³-hybridized carbons (Fsp3) is 0.444. The van der Waals surface area contributed by atoms with Crippen molar-refractivity contribution in [2.45, 2.75) is 38.7 Å². The van der Waals surface area contributed by atoms with Crippen molar-refractivity contribution in [2.75, 3.05) is 7.11 Å². The zero-order valence-corrected chi connectivity index (χ0v) is 13.3. The van der Waals surface area contributed by atoms with E-state index >= 15 is 0 Å². The van der Waals surface area contributed by atoms with E-state index in [1.807, 2.05) is 30.3 Å². The lowest BCUT2D eigenvalue weighted by atomic mass is 9.54. The second kappa shape index (κ2) is 6.44. The van der Waals surface area contributed by atoms with Crippen LogP contribution in [-0.4, -0.2) is 19.2 Å². The molecule has 0 saturated heterocycles. The summed E-state index contributed by atoms with van der Waals surface area (Å²) in [5.74, 6) is -0.508. The minimum atomic E-state index is -0.628. The maximum absolute atomic E-state index is 12.0. The summed E-state index contributed by atoms with van der Waals surface area (Å²) in [6.07, 6.45) is 4.80. The highest BCUT2D eigenvalue weighted by molar-refractivity contribution is 5.93. The summed E-state index contributed by atoms with van der Waals surface area (Å²) in [4.78, 5) is 23.9. The second-order valence-electron chi connectivity index (χ2n) is 6.36. The number of nitrogens with one attached hydrogen (secondary N) is 1. The Morgan fingerprint density at radius 2 is 1.87 bits per heavy atom. The van der Waals surface area contributed by atoms with E-state index in [0.29, 0.717) is 5.41 Å². The lowest BCUT2D eigenvalue weighted by Crippen LogP contribution is -2.41. The molecule has 1 aromatic rings. The predicted octanol–water partition coefficient (Wildman–Crippen LogP) is 3.30. The smallest absolute Gasteiger partial charge is 0.412 e. The molecule has 0 aromatic heterocycles. The van der Waals surface area contributed by atoms with E-state index in [0.717, 1.165) is 24.0 Å². The van der Waals surface area contributed by atoms with Crippen LogP contribution in [0, 0.1) is 5.41 Å². The normalized spacial score (nSPS) is 17.7. The van der Waals surface area contributed by atoms with Gasteiger partial charge in [-0.2, -0.15) is 0 Å². The molecule has 0 atom stereocenters. The van der Waals surface area contributed by atoms with E-state index in [2.05, 4.69) is 5.32 Å². The predicted molar refractivity (Wildman–Crippen MR) is 84.3 cm³/mol. The Hall–Kier alpha value is -2.30. The molecule has 5 nitrogen and oxygen atoms in total. The minimum absolute atomic E-state index is 0.167. The zero-order valence-electron chi connectivity index (χ0n) is 13.3. The Kier molecular flexibility index (Phi) is 4.37. The maximum atomic E-state index is 12.0. The number of hydrogen-bond acceptors (Lipinski definition) is 4. The van der Waals surface area contributed by atoms with Crippen LogP contribution in [0.3, 0.4) is 0 Å². The van der Waals surface area contributed by atoms with Crippen molar-refractivity contribution in [2.24, 2.45) is 5.41 Å². The quantitative estimate of drug-likeness (QED) is 0.684. The van der Waals surface area contributed by atoms with Gasteiger partial charge in [0.15, 0.2) is 0 Å². The average Bonchev–Trinajstić information content (AvgIpc) is 2.49. The molecule has 0 heterocycles. The standard InChI is InChI=1S/C18H21NO4/c1-22-16(20)15(14-10-18(11-14)8-5-9-18)19-17(21)23-12-13-6-3-2-4-7-13/h2-4,6-7H,5,8-12H2,1H3,(H,19,21). The van der Waals surface area contributed by atoms with Crippen LogP contribution >= 0.6 is 0 Å². The number of amides is 1. The van der Waals surface area contributed by atoms with E-state index in [4.69, 9.17) is 9.47 Å². The summed E-state index contributed by atoms with van der Waals surface area (Å²) in [6.45, 7) is 0.167. The highest BCUT2D eigenvalue weighted by atomic mass is 16.6. The van der Waals surface area contributed by atoms with E-state index in [1.54, 1.807) is 0 Å². The molecule has 2 aliphatic rings. The topological polar surface area (TPSA) is 64.6 Å². The lowest BCUT2D eigenvalue weighted by molar-refractivity contribution is -0.136. The van der Waals surface area contributed by atoms with E-state index in [1.165, 1.54) is 26.4 Å². The summed E-state index contributed by atoms with van der Waals surface area (Å²) < 4.78 is 9.96. The first-order chi connectivity index (χ1) is 11.1. The Morgan fingerprint density at radius 1 is 1.17 bits per heavy atom. The van der Waals surface area contributed by atoms with Crippen LogP contribution in [0.25, 0.3) is 0 Å². The highest BCUT2D eigenvalue weighted by Crippen LogP contribution is 2.59. The van der Waals surface area contributed by atoms with Crippen molar-refractivity contribution in [3.05, 3.63) is 47.2 Å². The van der Waals surface area contributed by atoms with Gasteiger partial charge in [-0.15, -0.1) is 0 Å². The number of ether oxygens (including phenoxy) is 2. The monoisotopic (exact) mass is 315 g/mol. The molecule has 1 amide bonds. The molecule has 122 valence electrons. The molecule has 1 aromatic carbocycles. The number of carbonyl (C=O) groups excluding carboxylic acids is 2. The van der Waals surface area contributed by atoms with Crippen LogP contribution in [0.1, 0.15) is 37.7 Å². The summed E-state index contributed by atoms with van der Waals surface area (Å²) in [7, 11) is 1.32. The maximum Gasteiger partial charge on any atom is 0.412 e. The molecule has 2 aliphatic carbocycles. The number of methoxy groups -OCH3 is 1. The third-order valence-electron chi connectivity index (χ3n) is 4.77. The number of rotatable bonds is 4.